The van der Waals surface area contributed by atoms with Crippen LogP contribution in [0.2, 0.25) is 0 Å². The summed E-state index contributed by atoms with van der Waals surface area (Å²) in [6.45, 7) is 1.02. The number of hydrogen-bond donors (Lipinski definition) is 1. The van der Waals surface area contributed by atoms with Gasteiger partial charge in [-0.2, -0.15) is 4.99 Å². The van der Waals surface area contributed by atoms with Gasteiger partial charge in [-0.3, -0.25) is 0 Å². The predicted molar refractivity (Wildman–Crippen MR) is 77.5 cm³/mol. The second kappa shape index (κ2) is 11.5. The zero-order chi connectivity index (χ0) is 13.6. The topological polar surface area (TPSA) is 44.8 Å². The Morgan fingerprint density at radius 2 is 1.35 bits per heavy atom. The van der Waals surface area contributed by atoms with E-state index in [4.69, 9.17) is 9.47 Å². The summed E-state index contributed by atoms with van der Waals surface area (Å²) < 4.78 is 11.2. The summed E-state index contributed by atoms with van der Waals surface area (Å²) >= 11 is 0. The van der Waals surface area contributed by atoms with Gasteiger partial charge in [-0.05, 0) is 12.1 Å². The number of hydrogen-bond acceptors (Lipinski definition) is 3. The first-order chi connectivity index (χ1) is 9.92. The summed E-state index contributed by atoms with van der Waals surface area (Å²) in [6.07, 6.45) is 0. The third-order valence-corrected chi connectivity index (χ3v) is 2.78. The van der Waals surface area contributed by atoms with E-state index in [1.165, 1.54) is 0 Å². The van der Waals surface area contributed by atoms with Crippen LogP contribution in [0, 0.1) is 0 Å². The van der Waals surface area contributed by atoms with Crippen LogP contribution in [0.1, 0.15) is 0 Å². The van der Waals surface area contributed by atoms with Gasteiger partial charge in [-0.15, -0.1) is 0 Å². The average Bonchev–Trinajstić information content (AvgIpc) is 2.51. The van der Waals surface area contributed by atoms with Crippen molar-refractivity contribution in [2.45, 2.75) is 0 Å². The molecule has 116 valence electrons. The Bertz CT molecular complexity index is 580. The molecule has 1 fully saturated rings. The van der Waals surface area contributed by atoms with Crippen molar-refractivity contribution in [1.82, 2.24) is 0 Å². The van der Waals surface area contributed by atoms with E-state index in [1.807, 2.05) is 60.7 Å². The van der Waals surface area contributed by atoms with E-state index >= 15 is 0 Å². The molecule has 0 bridgehead atoms. The Labute approximate surface area is 170 Å². The SMILES string of the molecule is [Cl-].[Cl-].[Na+].c1ccc(N=C2OCCOC2=[NH+]c2ccccc2)cc1. The summed E-state index contributed by atoms with van der Waals surface area (Å²) in [5, 5.41) is 0. The summed E-state index contributed by atoms with van der Waals surface area (Å²) in [4.78, 5) is 7.66. The maximum Gasteiger partial charge on any atom is 1.00 e. The van der Waals surface area contributed by atoms with Crippen molar-refractivity contribution in [2.75, 3.05) is 13.2 Å². The summed E-state index contributed by atoms with van der Waals surface area (Å²) in [5.41, 5.74) is 1.77. The minimum absolute atomic E-state index is 0. The van der Waals surface area contributed by atoms with Gasteiger partial charge in [-0.1, -0.05) is 36.4 Å². The van der Waals surface area contributed by atoms with Gasteiger partial charge in [0, 0.05) is 12.1 Å². The molecule has 1 aliphatic rings. The fourth-order valence-corrected chi connectivity index (χ4v) is 1.85. The first kappa shape index (κ1) is 22.0. The van der Waals surface area contributed by atoms with E-state index in [2.05, 4.69) is 9.98 Å². The molecule has 0 aliphatic carbocycles. The van der Waals surface area contributed by atoms with E-state index in [1.54, 1.807) is 0 Å². The van der Waals surface area contributed by atoms with Crippen molar-refractivity contribution in [2.24, 2.45) is 4.99 Å². The Morgan fingerprint density at radius 3 is 2.00 bits per heavy atom. The zero-order valence-electron chi connectivity index (χ0n) is 12.7. The molecule has 0 spiro atoms. The van der Waals surface area contributed by atoms with Crippen LogP contribution < -0.4 is 59.4 Å². The molecule has 7 heteroatoms. The molecule has 3 rings (SSSR count). The molecular formula is C16H15Cl2N2NaO2. The Kier molecular flexibility index (Phi) is 11.0. The fraction of sp³-hybridized carbons (Fsp3) is 0.125. The molecule has 1 N–H and O–H groups in total. The third-order valence-electron chi connectivity index (χ3n) is 2.78. The molecule has 0 unspecified atom stereocenters. The minimum atomic E-state index is 0. The second-order valence-electron chi connectivity index (χ2n) is 4.27. The first-order valence-corrected chi connectivity index (χ1v) is 6.50. The summed E-state index contributed by atoms with van der Waals surface area (Å²) in [6, 6.07) is 19.5. The monoisotopic (exact) mass is 360 g/mol. The van der Waals surface area contributed by atoms with Crippen molar-refractivity contribution in [3.8, 4) is 0 Å². The minimum Gasteiger partial charge on any atom is -1.00 e. The van der Waals surface area contributed by atoms with Gasteiger partial charge in [-0.25, -0.2) is 4.99 Å². The number of nitrogens with one attached hydrogen (secondary N) is 1. The summed E-state index contributed by atoms with van der Waals surface area (Å²) in [5.74, 6) is 1.03. The summed E-state index contributed by atoms with van der Waals surface area (Å²) in [7, 11) is 0. The maximum atomic E-state index is 5.62. The van der Waals surface area contributed by atoms with Crippen molar-refractivity contribution in [1.29, 1.82) is 0 Å². The maximum absolute atomic E-state index is 5.62. The van der Waals surface area contributed by atoms with Gasteiger partial charge in [0.05, 0.1) is 5.69 Å². The molecule has 0 radical (unpaired) electrons. The number of ether oxygens (including phenoxy) is 2. The van der Waals surface area contributed by atoms with Crippen LogP contribution in [0.25, 0.3) is 0 Å². The smallest absolute Gasteiger partial charge is 1.00 e. The van der Waals surface area contributed by atoms with Crippen molar-refractivity contribution < 1.29 is 68.8 Å². The van der Waals surface area contributed by atoms with Gasteiger partial charge in [0.2, 0.25) is 5.69 Å². The van der Waals surface area contributed by atoms with Crippen molar-refractivity contribution in [3.05, 3.63) is 60.7 Å². The first-order valence-electron chi connectivity index (χ1n) is 6.50. The second-order valence-corrected chi connectivity index (χ2v) is 4.27. The van der Waals surface area contributed by atoms with Crippen LogP contribution in [0.3, 0.4) is 0 Å². The Balaban J connectivity index is 0.00000161. The molecule has 4 nitrogen and oxygen atoms in total. The number of rotatable bonds is 2. The van der Waals surface area contributed by atoms with Gasteiger partial charge in [0.25, 0.3) is 0 Å². The number of para-hydroxylation sites is 2. The van der Waals surface area contributed by atoms with Crippen LogP contribution in [0.5, 0.6) is 0 Å². The molecule has 1 aliphatic heterocycles. The molecule has 1 heterocycles. The predicted octanol–water partition coefficient (Wildman–Crippen LogP) is -7.41. The van der Waals surface area contributed by atoms with E-state index < -0.39 is 0 Å². The van der Waals surface area contributed by atoms with E-state index in [0.29, 0.717) is 25.0 Å². The molecule has 1 saturated heterocycles. The molecule has 0 amide bonds. The average molecular weight is 361 g/mol. The quantitative estimate of drug-likeness (QED) is 0.541. The molecule has 2 aromatic rings. The van der Waals surface area contributed by atoms with Crippen LogP contribution in [-0.4, -0.2) is 25.0 Å². The van der Waals surface area contributed by atoms with Crippen LogP contribution in [0.15, 0.2) is 65.7 Å². The van der Waals surface area contributed by atoms with E-state index in [0.717, 1.165) is 11.4 Å². The largest absolute Gasteiger partial charge is 1.00 e. The normalized spacial score (nSPS) is 16.2. The van der Waals surface area contributed by atoms with Gasteiger partial charge >= 0.3 is 41.4 Å². The van der Waals surface area contributed by atoms with E-state index in [-0.39, 0.29) is 54.4 Å². The van der Waals surface area contributed by atoms with Crippen LogP contribution in [-0.2, 0) is 9.47 Å². The molecule has 0 aromatic heterocycles. The zero-order valence-corrected chi connectivity index (χ0v) is 16.2. The van der Waals surface area contributed by atoms with Gasteiger partial charge < -0.3 is 34.3 Å². The molecule has 2 aromatic carbocycles. The Hall–Kier alpha value is -1.04. The molecule has 23 heavy (non-hydrogen) atoms. The molecule has 0 atom stereocenters. The number of benzene rings is 2. The third kappa shape index (κ3) is 6.53. The molecular weight excluding hydrogens is 346 g/mol. The number of halogens is 2. The fourth-order valence-electron chi connectivity index (χ4n) is 1.85. The standard InChI is InChI=1S/C16H14N2O2.2ClH.Na/c1-3-7-13(8-4-1)17-15-16(20-12-11-19-15)18-14-9-5-2-6-10-14;;;/h1-10H,11-12H2;2*1H;/q;;;+1/p-1. The van der Waals surface area contributed by atoms with Crippen LogP contribution in [0.4, 0.5) is 11.4 Å². The molecule has 0 saturated carbocycles. The Morgan fingerprint density at radius 1 is 0.783 bits per heavy atom. The van der Waals surface area contributed by atoms with Crippen molar-refractivity contribution in [3.63, 3.8) is 0 Å². The van der Waals surface area contributed by atoms with E-state index in [9.17, 15) is 0 Å². The number of aliphatic imine (C=N–C) groups is 1. The number of nitrogens with zero attached hydrogens (tertiary/aromatic N) is 1. The van der Waals surface area contributed by atoms with Crippen LogP contribution >= 0.6 is 0 Å². The van der Waals surface area contributed by atoms with Gasteiger partial charge in [0.1, 0.15) is 13.2 Å². The van der Waals surface area contributed by atoms with Crippen molar-refractivity contribution >= 4 is 23.2 Å². The van der Waals surface area contributed by atoms with Gasteiger partial charge in [0.15, 0.2) is 0 Å².